The summed E-state index contributed by atoms with van der Waals surface area (Å²) in [5.74, 6) is -6.18. The van der Waals surface area contributed by atoms with E-state index in [9.17, 15) is 54.0 Å². The van der Waals surface area contributed by atoms with Crippen molar-refractivity contribution >= 4 is 64.4 Å². The van der Waals surface area contributed by atoms with Crippen molar-refractivity contribution in [3.8, 4) is 5.75 Å². The number of likely N-dealkylation sites (tertiary alicyclic amines) is 1. The SMILES string of the molecule is CC[C@H](C)[C@H](CC(=O)[C@H]1CCCC[N+]1(C)Cc1ccc(OC2OCC(O)[C@H](O)[C@@H]2O)c(CC(=O)CCNC(=O)C2(N3C(=O)C=CC3=O)CNC2)c1)C(=O)N(C)[C@H](C[C@@H](OC(C)=O)c1nc(C(=O)N[C@@H](Cc2ccccc2)C[C@H](C)C(=O)O)cs1)C(C)C. The van der Waals surface area contributed by atoms with Gasteiger partial charge in [0.05, 0.1) is 26.1 Å². The van der Waals surface area contributed by atoms with Gasteiger partial charge in [0.1, 0.15) is 53.1 Å². The van der Waals surface area contributed by atoms with Gasteiger partial charge in [-0.1, -0.05) is 71.4 Å². The molecule has 2 aromatic carbocycles. The van der Waals surface area contributed by atoms with Crippen molar-refractivity contribution in [2.24, 2.45) is 23.7 Å². The quantitative estimate of drug-likeness (QED) is 0.0285. The molecule has 4 aliphatic rings. The molecule has 4 aliphatic heterocycles. The van der Waals surface area contributed by atoms with Gasteiger partial charge >= 0.3 is 11.9 Å². The number of carboxylic acid groups (broad SMARTS) is 1. The number of ether oxygens (including phenoxy) is 3. The molecule has 24 heteroatoms. The van der Waals surface area contributed by atoms with Crippen molar-refractivity contribution in [1.29, 1.82) is 0 Å². The standard InChI is InChI=1S/C63H85N7O16S/c1-9-37(4)45(59(80)68(7)47(36(2)3)30-52(85-39(6)71)58-67-46(33-87-58)57(79)66-43(25-38(5)60(81)82)27-40-15-11-10-12-16-40)29-49(73)48-17-13-14-24-70(48,8)31-41-18-19-51(86-61-56(78)55(77)50(74)32-84-61)42(26-41)28-44(72)22-23-65-62(83)63(34-64-35-63)69-53(75)20-21-54(69)76/h10-12,15-16,18-21,26,33,36-38,43,45,47-48,50,52,55-56,61,64,74,77-78H,9,13-14,17,22-25,27-32,34-35H2,1-8H3,(H2-,65,66,79,81,82,83)/p+1/t37-,38-,43+,45-,47+,48+,50?,52+,55-,56-,61?,70?/m0/s1. The second-order valence-corrected chi connectivity index (χ2v) is 25.4. The number of aliphatic carboxylic acids is 1. The number of aliphatic hydroxyl groups excluding tert-OH is 3. The van der Waals surface area contributed by atoms with Crippen LogP contribution in [0.3, 0.4) is 0 Å². The number of Topliss-reactive ketones (excluding diaryl/α,β-unsaturated/α-hetero) is 2. The number of carbonyl (C=O) groups excluding carboxylic acids is 8. The number of esters is 1. The fourth-order valence-corrected chi connectivity index (χ4v) is 13.1. The fourth-order valence-electron chi connectivity index (χ4n) is 12.3. The molecular formula is C63H86N7O16S+. The second kappa shape index (κ2) is 29.9. The first kappa shape index (κ1) is 67.7. The summed E-state index contributed by atoms with van der Waals surface area (Å²) in [6.07, 6.45) is -1.63. The molecule has 3 unspecified atom stereocenters. The van der Waals surface area contributed by atoms with Crippen molar-refractivity contribution in [3.05, 3.63) is 93.5 Å². The summed E-state index contributed by atoms with van der Waals surface area (Å²) in [5, 5.41) is 51.6. The number of aliphatic hydroxyl groups is 3. The summed E-state index contributed by atoms with van der Waals surface area (Å²) in [4.78, 5) is 128. The maximum atomic E-state index is 15.1. The topological polar surface area (TPSA) is 318 Å². The fraction of sp³-hybridized carbons (Fsp3) is 0.587. The molecular weight excluding hydrogens is 1140 g/mol. The van der Waals surface area contributed by atoms with Crippen LogP contribution in [-0.4, -0.2) is 188 Å². The third-order valence-electron chi connectivity index (χ3n) is 17.7. The maximum absolute atomic E-state index is 15.1. The lowest BCUT2D eigenvalue weighted by Gasteiger charge is -2.46. The second-order valence-electron chi connectivity index (χ2n) is 24.5. The number of thiazole rings is 1. The molecule has 5 heterocycles. The number of nitrogens with one attached hydrogen (secondary N) is 3. The van der Waals surface area contributed by atoms with E-state index in [1.54, 1.807) is 42.5 Å². The first-order valence-electron chi connectivity index (χ1n) is 30.1. The van der Waals surface area contributed by atoms with E-state index in [2.05, 4.69) is 20.9 Å². The van der Waals surface area contributed by atoms with Gasteiger partial charge in [0.2, 0.25) is 18.1 Å². The molecule has 5 amide bonds. The molecule has 12 atom stereocenters. The first-order chi connectivity index (χ1) is 41.2. The number of hydrogen-bond acceptors (Lipinski definition) is 18. The number of nitrogens with zero attached hydrogens (tertiary/aromatic N) is 4. The van der Waals surface area contributed by atoms with Gasteiger partial charge < -0.3 is 60.0 Å². The number of carboxylic acids is 1. The molecule has 3 aromatic rings. The van der Waals surface area contributed by atoms with Gasteiger partial charge in [-0.3, -0.25) is 48.1 Å². The molecule has 0 saturated carbocycles. The van der Waals surface area contributed by atoms with Crippen molar-refractivity contribution in [2.75, 3.05) is 46.9 Å². The minimum absolute atomic E-state index is 0.0389. The Morgan fingerprint density at radius 1 is 0.954 bits per heavy atom. The largest absolute Gasteiger partial charge is 0.481 e. The van der Waals surface area contributed by atoms with E-state index in [4.69, 9.17) is 14.2 Å². The van der Waals surface area contributed by atoms with Crippen LogP contribution in [0.4, 0.5) is 0 Å². The number of hydrogen-bond donors (Lipinski definition) is 7. The van der Waals surface area contributed by atoms with Crippen molar-refractivity contribution < 1.29 is 82.3 Å². The number of benzene rings is 2. The Labute approximate surface area is 511 Å². The maximum Gasteiger partial charge on any atom is 0.306 e. The van der Waals surface area contributed by atoms with E-state index in [0.717, 1.165) is 52.4 Å². The Morgan fingerprint density at radius 3 is 2.29 bits per heavy atom. The van der Waals surface area contributed by atoms with E-state index in [1.165, 1.54) is 6.92 Å². The molecule has 7 N–H and O–H groups in total. The zero-order chi connectivity index (χ0) is 63.5. The van der Waals surface area contributed by atoms with Crippen LogP contribution in [-0.2, 0) is 67.2 Å². The Morgan fingerprint density at radius 2 is 1.66 bits per heavy atom. The highest BCUT2D eigenvalue weighted by molar-refractivity contribution is 7.09. The highest BCUT2D eigenvalue weighted by atomic mass is 32.1. The van der Waals surface area contributed by atoms with Crippen LogP contribution >= 0.6 is 11.3 Å². The van der Waals surface area contributed by atoms with E-state index < -0.39 is 102 Å². The lowest BCUT2D eigenvalue weighted by Crippen LogP contribution is -2.76. The Bertz CT molecular complexity index is 2990. The van der Waals surface area contributed by atoms with Crippen molar-refractivity contribution in [3.63, 3.8) is 0 Å². The predicted molar refractivity (Wildman–Crippen MR) is 318 cm³/mol. The van der Waals surface area contributed by atoms with Gasteiger partial charge in [-0.25, -0.2) is 4.98 Å². The van der Waals surface area contributed by atoms with Crippen LogP contribution in [0.5, 0.6) is 5.75 Å². The van der Waals surface area contributed by atoms with Gasteiger partial charge in [0.15, 0.2) is 17.4 Å². The number of ketones is 2. The molecule has 7 rings (SSSR count). The molecule has 3 fully saturated rings. The number of likely N-dealkylation sites (N-methyl/N-ethyl adjacent to an activating group) is 1. The van der Waals surface area contributed by atoms with Crippen LogP contribution < -0.4 is 20.7 Å². The van der Waals surface area contributed by atoms with Crippen molar-refractivity contribution in [2.45, 2.75) is 167 Å². The number of carbonyl (C=O) groups is 9. The third kappa shape index (κ3) is 16.7. The number of quaternary nitrogens is 1. The minimum Gasteiger partial charge on any atom is -0.481 e. The zero-order valence-electron chi connectivity index (χ0n) is 51.0. The smallest absolute Gasteiger partial charge is 0.306 e. The van der Waals surface area contributed by atoms with Crippen LogP contribution in [0.1, 0.15) is 131 Å². The summed E-state index contributed by atoms with van der Waals surface area (Å²) >= 11 is 1.13. The Kier molecular flexibility index (Phi) is 23.3. The number of aromatic nitrogens is 1. The van der Waals surface area contributed by atoms with Gasteiger partial charge in [0, 0.05) is 112 Å². The van der Waals surface area contributed by atoms with Crippen LogP contribution in [0, 0.1) is 23.7 Å². The molecule has 0 aliphatic carbocycles. The molecule has 87 heavy (non-hydrogen) atoms. The average Bonchev–Trinajstić information content (AvgIpc) is 2.38. The summed E-state index contributed by atoms with van der Waals surface area (Å²) in [6, 6.07) is 13.1. The van der Waals surface area contributed by atoms with Gasteiger partial charge in [0.25, 0.3) is 17.7 Å². The highest BCUT2D eigenvalue weighted by Gasteiger charge is 2.54. The molecule has 0 radical (unpaired) electrons. The predicted octanol–water partition coefficient (Wildman–Crippen LogP) is 3.60. The number of imide groups is 1. The molecule has 474 valence electrons. The van der Waals surface area contributed by atoms with Crippen LogP contribution in [0.25, 0.3) is 0 Å². The Hall–Kier alpha value is -6.80. The van der Waals surface area contributed by atoms with Crippen molar-refractivity contribution in [1.82, 2.24) is 30.7 Å². The average molecular weight is 1230 g/mol. The van der Waals surface area contributed by atoms with E-state index in [0.29, 0.717) is 47.4 Å². The normalized spacial score (nSPS) is 23.8. The van der Waals surface area contributed by atoms with E-state index >= 15 is 9.59 Å². The van der Waals surface area contributed by atoms with Crippen LogP contribution in [0.15, 0.2) is 66.1 Å². The monoisotopic (exact) mass is 1230 g/mol. The zero-order valence-corrected chi connectivity index (χ0v) is 51.8. The summed E-state index contributed by atoms with van der Waals surface area (Å²) < 4.78 is 17.8. The number of rotatable bonds is 30. The minimum atomic E-state index is -1.64. The van der Waals surface area contributed by atoms with Gasteiger partial charge in [-0.15, -0.1) is 11.3 Å². The molecule has 0 bridgehead atoms. The number of piperidine rings is 1. The summed E-state index contributed by atoms with van der Waals surface area (Å²) in [5.41, 5.74) is 0.694. The molecule has 23 nitrogen and oxygen atoms in total. The molecule has 0 spiro atoms. The van der Waals surface area contributed by atoms with Gasteiger partial charge in [-0.05, 0) is 61.3 Å². The highest BCUT2D eigenvalue weighted by Crippen LogP contribution is 2.36. The van der Waals surface area contributed by atoms with E-state index in [-0.39, 0.29) is 99.1 Å². The van der Waals surface area contributed by atoms with Crippen LogP contribution in [0.2, 0.25) is 0 Å². The van der Waals surface area contributed by atoms with Gasteiger partial charge in [-0.2, -0.15) is 0 Å². The lowest BCUT2D eigenvalue weighted by atomic mass is 9.82. The summed E-state index contributed by atoms with van der Waals surface area (Å²) in [6.45, 7) is 11.3. The lowest BCUT2D eigenvalue weighted by molar-refractivity contribution is -0.941. The number of amides is 5. The first-order valence-corrected chi connectivity index (χ1v) is 31.0. The van der Waals surface area contributed by atoms with E-state index in [1.807, 2.05) is 65.1 Å². The third-order valence-corrected chi connectivity index (χ3v) is 18.6. The Balaban J connectivity index is 1.05. The molecule has 3 saturated heterocycles. The molecule has 1 aromatic heterocycles. The summed E-state index contributed by atoms with van der Waals surface area (Å²) in [7, 11) is 3.71.